The number of benzene rings is 3. The summed E-state index contributed by atoms with van der Waals surface area (Å²) in [6.45, 7) is 7.88. The van der Waals surface area contributed by atoms with E-state index in [0.717, 1.165) is 31.2 Å². The van der Waals surface area contributed by atoms with Crippen LogP contribution in [0.3, 0.4) is 0 Å². The average molecular weight is 561 g/mol. The van der Waals surface area contributed by atoms with Crippen LogP contribution in [0.4, 0.5) is 5.69 Å². The van der Waals surface area contributed by atoms with E-state index >= 15 is 0 Å². The number of hydrogen-bond donors (Lipinski definition) is 0. The number of nitrogens with zero attached hydrogens (tertiary/aromatic N) is 4. The van der Waals surface area contributed by atoms with Gasteiger partial charge in [0, 0.05) is 28.8 Å². The standard InChI is InChI=1S/C31H33ClN4O4/c1-5-6-7-10-17-34(30(37)23-14-13-20(2)28(19-23)36(39)40)22(4)29-33-26-12-9-8-11-25(26)31(38)35(29)27-16-15-24(32)18-21(27)3/h8-9,11-16,18-19,22H,5-7,10,17H2,1-4H3. The fourth-order valence-electron chi connectivity index (χ4n) is 4.96. The molecule has 9 heteroatoms. The number of para-hydroxylation sites is 1. The molecule has 1 heterocycles. The fraction of sp³-hybridized carbons (Fsp3) is 0.323. The van der Waals surface area contributed by atoms with E-state index in [1.165, 1.54) is 6.07 Å². The van der Waals surface area contributed by atoms with Gasteiger partial charge in [-0.25, -0.2) is 4.98 Å². The molecule has 0 saturated heterocycles. The quantitative estimate of drug-likeness (QED) is 0.115. The molecule has 3 aromatic carbocycles. The van der Waals surface area contributed by atoms with Crippen molar-refractivity contribution in [2.24, 2.45) is 0 Å². The van der Waals surface area contributed by atoms with E-state index in [-0.39, 0.29) is 22.7 Å². The van der Waals surface area contributed by atoms with Gasteiger partial charge >= 0.3 is 0 Å². The zero-order valence-electron chi connectivity index (χ0n) is 23.2. The monoisotopic (exact) mass is 560 g/mol. The molecule has 0 aliphatic rings. The molecule has 1 aromatic heterocycles. The van der Waals surface area contributed by atoms with Gasteiger partial charge in [-0.05, 0) is 69.2 Å². The number of halogens is 1. The van der Waals surface area contributed by atoms with Gasteiger partial charge in [-0.2, -0.15) is 0 Å². The number of carbonyl (C=O) groups excluding carboxylic acids is 1. The van der Waals surface area contributed by atoms with Gasteiger partial charge in [-0.15, -0.1) is 0 Å². The smallest absolute Gasteiger partial charge is 0.273 e. The maximum atomic E-state index is 14.0. The van der Waals surface area contributed by atoms with Crippen molar-refractivity contribution in [1.29, 1.82) is 0 Å². The highest BCUT2D eigenvalue weighted by atomic mass is 35.5. The van der Waals surface area contributed by atoms with Crippen LogP contribution in [0.1, 0.15) is 72.9 Å². The van der Waals surface area contributed by atoms with Crippen molar-refractivity contribution in [2.45, 2.75) is 59.4 Å². The highest BCUT2D eigenvalue weighted by Crippen LogP contribution is 2.28. The predicted molar refractivity (Wildman–Crippen MR) is 159 cm³/mol. The van der Waals surface area contributed by atoms with Crippen LogP contribution in [0.15, 0.2) is 65.5 Å². The Hall–Kier alpha value is -4.04. The average Bonchev–Trinajstić information content (AvgIpc) is 2.93. The molecule has 0 N–H and O–H groups in total. The Morgan fingerprint density at radius 2 is 1.80 bits per heavy atom. The van der Waals surface area contributed by atoms with Gasteiger partial charge in [0.15, 0.2) is 0 Å². The maximum absolute atomic E-state index is 14.0. The van der Waals surface area contributed by atoms with Gasteiger partial charge in [-0.3, -0.25) is 24.3 Å². The number of nitro groups is 1. The molecular weight excluding hydrogens is 528 g/mol. The number of aryl methyl sites for hydroxylation is 2. The van der Waals surface area contributed by atoms with Gasteiger partial charge in [0.05, 0.1) is 27.6 Å². The second-order valence-electron chi connectivity index (χ2n) is 10.1. The molecule has 0 saturated carbocycles. The first-order valence-corrected chi connectivity index (χ1v) is 13.9. The summed E-state index contributed by atoms with van der Waals surface area (Å²) in [6.07, 6.45) is 3.73. The summed E-state index contributed by atoms with van der Waals surface area (Å²) < 4.78 is 1.56. The summed E-state index contributed by atoms with van der Waals surface area (Å²) in [6, 6.07) is 16.3. The van der Waals surface area contributed by atoms with Crippen LogP contribution >= 0.6 is 11.6 Å². The lowest BCUT2D eigenvalue weighted by molar-refractivity contribution is -0.385. The molecule has 0 bridgehead atoms. The number of rotatable bonds is 10. The van der Waals surface area contributed by atoms with Crippen LogP contribution in [0.2, 0.25) is 5.02 Å². The van der Waals surface area contributed by atoms with Gasteiger partial charge < -0.3 is 4.90 Å². The van der Waals surface area contributed by atoms with E-state index < -0.39 is 11.0 Å². The van der Waals surface area contributed by atoms with Gasteiger partial charge in [0.1, 0.15) is 5.82 Å². The molecule has 1 amide bonds. The molecule has 0 spiro atoms. The molecule has 0 aliphatic heterocycles. The lowest BCUT2D eigenvalue weighted by Gasteiger charge is -2.31. The molecule has 0 fully saturated rings. The highest BCUT2D eigenvalue weighted by Gasteiger charge is 2.29. The van der Waals surface area contributed by atoms with E-state index in [1.54, 1.807) is 64.9 Å². The molecule has 40 heavy (non-hydrogen) atoms. The first-order valence-electron chi connectivity index (χ1n) is 13.5. The third-order valence-electron chi connectivity index (χ3n) is 7.21. The molecule has 4 aromatic rings. The Kier molecular flexibility index (Phi) is 9.00. The third kappa shape index (κ3) is 5.92. The van der Waals surface area contributed by atoms with Crippen molar-refractivity contribution in [3.8, 4) is 5.69 Å². The normalized spacial score (nSPS) is 11.9. The van der Waals surface area contributed by atoms with E-state index in [0.29, 0.717) is 39.5 Å². The molecule has 1 atom stereocenters. The summed E-state index contributed by atoms with van der Waals surface area (Å²) in [5.74, 6) is 0.0495. The molecular formula is C31H33ClN4O4. The minimum atomic E-state index is -0.623. The Labute approximate surface area is 238 Å². The second kappa shape index (κ2) is 12.4. The van der Waals surface area contributed by atoms with Crippen molar-refractivity contribution in [3.63, 3.8) is 0 Å². The molecule has 0 aliphatic carbocycles. The number of fused-ring (bicyclic) bond motifs is 1. The first kappa shape index (κ1) is 29.0. The first-order chi connectivity index (χ1) is 19.1. The zero-order valence-corrected chi connectivity index (χ0v) is 23.9. The van der Waals surface area contributed by atoms with Crippen LogP contribution in [0, 0.1) is 24.0 Å². The Morgan fingerprint density at radius 3 is 2.50 bits per heavy atom. The number of carbonyl (C=O) groups is 1. The van der Waals surface area contributed by atoms with Crippen molar-refractivity contribution in [1.82, 2.24) is 14.5 Å². The predicted octanol–water partition coefficient (Wildman–Crippen LogP) is 7.35. The van der Waals surface area contributed by atoms with Gasteiger partial charge in [-0.1, -0.05) is 56.0 Å². The molecule has 8 nitrogen and oxygen atoms in total. The van der Waals surface area contributed by atoms with E-state index in [9.17, 15) is 19.7 Å². The number of aromatic nitrogens is 2. The highest BCUT2D eigenvalue weighted by molar-refractivity contribution is 6.30. The molecule has 208 valence electrons. The van der Waals surface area contributed by atoms with Crippen LogP contribution in [-0.4, -0.2) is 31.8 Å². The molecule has 1 unspecified atom stereocenters. The van der Waals surface area contributed by atoms with Crippen LogP contribution in [0.25, 0.3) is 16.6 Å². The van der Waals surface area contributed by atoms with Gasteiger partial charge in [0.25, 0.3) is 17.2 Å². The maximum Gasteiger partial charge on any atom is 0.273 e. The van der Waals surface area contributed by atoms with E-state index in [2.05, 4.69) is 6.92 Å². The van der Waals surface area contributed by atoms with Crippen molar-refractivity contribution < 1.29 is 9.72 Å². The Bertz CT molecular complexity index is 1630. The zero-order chi connectivity index (χ0) is 29.0. The number of hydrogen-bond acceptors (Lipinski definition) is 5. The minimum absolute atomic E-state index is 0.109. The van der Waals surface area contributed by atoms with Gasteiger partial charge in [0.2, 0.25) is 0 Å². The topological polar surface area (TPSA) is 98.3 Å². The van der Waals surface area contributed by atoms with Crippen molar-refractivity contribution in [2.75, 3.05) is 6.54 Å². The van der Waals surface area contributed by atoms with Crippen LogP contribution in [-0.2, 0) is 0 Å². The van der Waals surface area contributed by atoms with E-state index in [1.807, 2.05) is 19.9 Å². The fourth-order valence-corrected chi connectivity index (χ4v) is 5.18. The third-order valence-corrected chi connectivity index (χ3v) is 7.44. The number of unbranched alkanes of at least 4 members (excludes halogenated alkanes) is 3. The largest absolute Gasteiger partial charge is 0.329 e. The Morgan fingerprint density at radius 1 is 1.05 bits per heavy atom. The summed E-state index contributed by atoms with van der Waals surface area (Å²) >= 11 is 6.23. The van der Waals surface area contributed by atoms with Crippen molar-refractivity contribution >= 4 is 34.1 Å². The van der Waals surface area contributed by atoms with Crippen LogP contribution < -0.4 is 5.56 Å². The van der Waals surface area contributed by atoms with Crippen LogP contribution in [0.5, 0.6) is 0 Å². The summed E-state index contributed by atoms with van der Waals surface area (Å²) in [7, 11) is 0. The summed E-state index contributed by atoms with van der Waals surface area (Å²) in [5.41, 5.74) is 2.28. The number of nitro benzene ring substituents is 1. The second-order valence-corrected chi connectivity index (χ2v) is 10.5. The lowest BCUT2D eigenvalue weighted by atomic mass is 10.1. The molecule has 4 rings (SSSR count). The Balaban J connectivity index is 1.89. The summed E-state index contributed by atoms with van der Waals surface area (Å²) in [4.78, 5) is 45.6. The molecule has 0 radical (unpaired) electrons. The number of amides is 1. The SMILES string of the molecule is CCCCCCN(C(=O)c1ccc(C)c([N+](=O)[O-])c1)C(C)c1nc2ccccc2c(=O)n1-c1ccc(Cl)cc1C. The minimum Gasteiger partial charge on any atom is -0.329 e. The van der Waals surface area contributed by atoms with E-state index in [4.69, 9.17) is 16.6 Å². The lowest BCUT2D eigenvalue weighted by Crippen LogP contribution is -2.38. The van der Waals surface area contributed by atoms with Crippen molar-refractivity contribution in [3.05, 3.63) is 109 Å². The summed E-state index contributed by atoms with van der Waals surface area (Å²) in [5, 5.41) is 12.6.